The lowest BCUT2D eigenvalue weighted by molar-refractivity contribution is -0.107. The van der Waals surface area contributed by atoms with E-state index in [0.717, 1.165) is 166 Å². The molecule has 1 N–H and O–H groups in total. The summed E-state index contributed by atoms with van der Waals surface area (Å²) in [5.74, 6) is 2.05. The van der Waals surface area contributed by atoms with Crippen LogP contribution in [0.3, 0.4) is 0 Å². The molecule has 0 unspecified atom stereocenters. The lowest BCUT2D eigenvalue weighted by Crippen LogP contribution is -2.32. The van der Waals surface area contributed by atoms with Gasteiger partial charge in [0.05, 0.1) is 56.5 Å². The first-order valence-electron chi connectivity index (χ1n) is 26.9. The molecule has 12 rings (SSSR count). The number of rotatable bonds is 13. The maximum Gasteiger partial charge on any atom is 0.340 e. The van der Waals surface area contributed by atoms with Gasteiger partial charge in [-0.25, -0.2) is 9.59 Å². The SMILES string of the molecule is COC(=O)c1cn(C)c2cc(N3CCCN(CCc4c(-c5c(Cl)cccc5Cl)noc4C4CC4)CC3)ccc12.COC(=O)c1cn(C)c2cc(N3CCCNCC3)ccc12.O=CCc1c(-c2c(Cl)cccc2Cl)noc1C1CC1. The summed E-state index contributed by atoms with van der Waals surface area (Å²) in [4.78, 5) is 42.2. The molecule has 0 bridgehead atoms. The number of ether oxygens (including phenoxy) is 2. The summed E-state index contributed by atoms with van der Waals surface area (Å²) >= 11 is 25.5. The zero-order valence-electron chi connectivity index (χ0n) is 44.8. The van der Waals surface area contributed by atoms with E-state index in [-0.39, 0.29) is 18.4 Å². The quantitative estimate of drug-likeness (QED) is 0.0861. The average molecular weight is 1150 g/mol. The third-order valence-corrected chi connectivity index (χ3v) is 16.6. The Morgan fingerprint density at radius 3 is 1.63 bits per heavy atom. The van der Waals surface area contributed by atoms with Gasteiger partial charge in [0, 0.05) is 135 Å². The Bertz CT molecular complexity index is 3460. The number of aromatic nitrogens is 4. The number of anilines is 2. The van der Waals surface area contributed by atoms with Crippen molar-refractivity contribution >= 4 is 97.8 Å². The second-order valence-corrected chi connectivity index (χ2v) is 22.2. The summed E-state index contributed by atoms with van der Waals surface area (Å²) in [6.45, 7) is 9.00. The van der Waals surface area contributed by atoms with Crippen LogP contribution in [0.25, 0.3) is 44.3 Å². The molecule has 0 spiro atoms. The minimum absolute atomic E-state index is 0.270. The molecule has 2 saturated heterocycles. The highest BCUT2D eigenvalue weighted by atomic mass is 35.5. The first-order valence-corrected chi connectivity index (χ1v) is 28.5. The van der Waals surface area contributed by atoms with Gasteiger partial charge in [-0.1, -0.05) is 68.8 Å². The zero-order valence-corrected chi connectivity index (χ0v) is 47.9. The van der Waals surface area contributed by atoms with Crippen molar-refractivity contribution in [3.8, 4) is 22.5 Å². The summed E-state index contributed by atoms with van der Waals surface area (Å²) in [5, 5.41) is 16.0. The van der Waals surface area contributed by atoms with Crippen molar-refractivity contribution in [2.75, 3.05) is 82.9 Å². The van der Waals surface area contributed by atoms with Gasteiger partial charge >= 0.3 is 11.9 Å². The predicted octanol–water partition coefficient (Wildman–Crippen LogP) is 12.6. The van der Waals surface area contributed by atoms with Gasteiger partial charge in [-0.05, 0) is 119 Å². The highest BCUT2D eigenvalue weighted by Crippen LogP contribution is 2.47. The van der Waals surface area contributed by atoms with Crippen LogP contribution in [0.2, 0.25) is 20.1 Å². The number of fused-ring (bicyclic) bond motifs is 2. The van der Waals surface area contributed by atoms with Crippen molar-refractivity contribution in [1.82, 2.24) is 29.7 Å². The maximum absolute atomic E-state index is 12.2. The van der Waals surface area contributed by atoms with E-state index in [1.54, 1.807) is 18.2 Å². The minimum atomic E-state index is -0.309. The van der Waals surface area contributed by atoms with Gasteiger partial charge in [-0.2, -0.15) is 0 Å². The summed E-state index contributed by atoms with van der Waals surface area (Å²) in [6, 6.07) is 23.4. The van der Waals surface area contributed by atoms with Crippen LogP contribution in [0, 0.1) is 0 Å². The van der Waals surface area contributed by atoms with Gasteiger partial charge in [0.25, 0.3) is 0 Å². The highest BCUT2D eigenvalue weighted by Gasteiger charge is 2.35. The zero-order chi connectivity index (χ0) is 55.3. The lowest BCUT2D eigenvalue weighted by Gasteiger charge is -2.24. The van der Waals surface area contributed by atoms with E-state index < -0.39 is 0 Å². The molecular formula is C60H64Cl4N8O7. The Hall–Kier alpha value is -6.33. The van der Waals surface area contributed by atoms with Gasteiger partial charge in [0.15, 0.2) is 0 Å². The fourth-order valence-corrected chi connectivity index (χ4v) is 12.0. The summed E-state index contributed by atoms with van der Waals surface area (Å²) in [5.41, 5.74) is 10.4. The van der Waals surface area contributed by atoms with E-state index in [1.807, 2.05) is 66.0 Å². The summed E-state index contributed by atoms with van der Waals surface area (Å²) in [7, 11) is 6.76. The maximum atomic E-state index is 12.2. The van der Waals surface area contributed by atoms with E-state index in [9.17, 15) is 14.4 Å². The van der Waals surface area contributed by atoms with E-state index in [2.05, 4.69) is 54.6 Å². The van der Waals surface area contributed by atoms with E-state index >= 15 is 0 Å². The molecule has 8 aromatic rings. The summed E-state index contributed by atoms with van der Waals surface area (Å²) in [6.07, 6.45) is 12.3. The highest BCUT2D eigenvalue weighted by molar-refractivity contribution is 6.39. The number of aldehydes is 1. The number of esters is 2. The topological polar surface area (TPSA) is 153 Å². The first-order chi connectivity index (χ1) is 38.4. The Morgan fingerprint density at radius 2 is 1.13 bits per heavy atom. The molecule has 4 aliphatic rings. The normalized spacial score (nSPS) is 15.9. The molecule has 414 valence electrons. The van der Waals surface area contributed by atoms with Gasteiger partial charge < -0.3 is 52.5 Å². The monoisotopic (exact) mass is 1150 g/mol. The summed E-state index contributed by atoms with van der Waals surface area (Å²) < 4.78 is 25.1. The Kier molecular flexibility index (Phi) is 17.7. The number of aryl methyl sites for hydroxylation is 2. The van der Waals surface area contributed by atoms with Crippen molar-refractivity contribution < 1.29 is 32.9 Å². The van der Waals surface area contributed by atoms with Crippen LogP contribution in [0.1, 0.15) is 93.7 Å². The van der Waals surface area contributed by atoms with Crippen molar-refractivity contribution in [3.05, 3.63) is 139 Å². The first kappa shape index (κ1) is 56.0. The average Bonchev–Trinajstić information content (AvgIpc) is 4.43. The Balaban J connectivity index is 0.000000148. The Labute approximate surface area is 479 Å². The molecule has 4 aromatic heterocycles. The largest absolute Gasteiger partial charge is 0.465 e. The second kappa shape index (κ2) is 25.0. The molecule has 4 aromatic carbocycles. The number of methoxy groups -OCH3 is 2. The van der Waals surface area contributed by atoms with Crippen LogP contribution in [-0.4, -0.2) is 116 Å². The van der Waals surface area contributed by atoms with Crippen LogP contribution in [0.15, 0.2) is 94.2 Å². The van der Waals surface area contributed by atoms with Crippen molar-refractivity contribution in [2.45, 2.75) is 63.2 Å². The third kappa shape index (κ3) is 12.4. The van der Waals surface area contributed by atoms with Crippen LogP contribution < -0.4 is 15.1 Å². The van der Waals surface area contributed by atoms with E-state index in [4.69, 9.17) is 64.9 Å². The van der Waals surface area contributed by atoms with Gasteiger partial charge in [-0.15, -0.1) is 0 Å². The van der Waals surface area contributed by atoms with Crippen LogP contribution in [0.4, 0.5) is 11.4 Å². The third-order valence-electron chi connectivity index (χ3n) is 15.3. The predicted molar refractivity (Wildman–Crippen MR) is 313 cm³/mol. The van der Waals surface area contributed by atoms with Gasteiger partial charge in [0.1, 0.15) is 29.2 Å². The minimum Gasteiger partial charge on any atom is -0.465 e. The second-order valence-electron chi connectivity index (χ2n) is 20.6. The standard InChI is InChI=1S/C30H32Cl2N4O3.C16H21N3O2.C14H11Cl2NO2/c1-34-18-23(30(37)38-2)21-10-9-20(17-26(21)34)36-13-4-12-35(15-16-36)14-11-22-28(33-39-29(22)19-7-8-19)27-24(31)5-3-6-25(27)32;1-18-11-14(16(20)21-2)13-5-4-12(10-15(13)18)19-8-3-6-17-7-9-19;15-10-2-1-3-11(16)12(10)13-9(6-7-18)14(19-17-13)8-4-5-8/h3,5-6,9-10,17-19H,4,7-8,11-16H2,1-2H3;4-5,10-11,17H,3,6-9H2,1-2H3;1-3,7-8H,4-6H2. The number of halogens is 4. The van der Waals surface area contributed by atoms with Gasteiger partial charge in [0.2, 0.25) is 0 Å². The smallest absolute Gasteiger partial charge is 0.340 e. The molecular weight excluding hydrogens is 1090 g/mol. The molecule has 79 heavy (non-hydrogen) atoms. The molecule has 2 aliphatic heterocycles. The van der Waals surface area contributed by atoms with Crippen molar-refractivity contribution in [2.24, 2.45) is 14.1 Å². The van der Waals surface area contributed by atoms with Crippen LogP contribution in [0.5, 0.6) is 0 Å². The van der Waals surface area contributed by atoms with E-state index in [1.165, 1.54) is 25.6 Å². The molecule has 0 atom stereocenters. The molecule has 6 heterocycles. The number of hydrogen-bond donors (Lipinski definition) is 1. The molecule has 0 radical (unpaired) electrons. The fourth-order valence-electron chi connectivity index (χ4n) is 10.8. The van der Waals surface area contributed by atoms with Crippen LogP contribution >= 0.6 is 46.4 Å². The number of nitrogens with one attached hydrogen (secondary N) is 1. The molecule has 4 fully saturated rings. The number of carbonyl (C=O) groups is 3. The van der Waals surface area contributed by atoms with Gasteiger partial charge in [-0.3, -0.25) is 0 Å². The molecule has 2 saturated carbocycles. The lowest BCUT2D eigenvalue weighted by atomic mass is 10.0. The molecule has 19 heteroatoms. The van der Waals surface area contributed by atoms with Crippen molar-refractivity contribution in [1.29, 1.82) is 0 Å². The number of carbonyl (C=O) groups excluding carboxylic acids is 3. The van der Waals surface area contributed by atoms with E-state index in [0.29, 0.717) is 54.3 Å². The molecule has 15 nitrogen and oxygen atoms in total. The fraction of sp³-hybridized carbons (Fsp3) is 0.383. The molecule has 0 amide bonds. The number of nitrogens with zero attached hydrogens (tertiary/aromatic N) is 7. The number of benzene rings is 4. The Morgan fingerprint density at radius 1 is 0.633 bits per heavy atom. The van der Waals surface area contributed by atoms with Crippen molar-refractivity contribution in [3.63, 3.8) is 0 Å². The number of hydrogen-bond acceptors (Lipinski definition) is 13. The van der Waals surface area contributed by atoms with Crippen LogP contribution in [-0.2, 0) is 41.2 Å². The molecule has 2 aliphatic carbocycles.